The number of hydrogen-bond donors (Lipinski definition) is 1. The van der Waals surface area contributed by atoms with Crippen molar-refractivity contribution in [2.24, 2.45) is 0 Å². The molecule has 0 aliphatic carbocycles. The monoisotopic (exact) mass is 336 g/mol. The molecule has 0 aliphatic heterocycles. The number of esters is 1. The predicted octanol–water partition coefficient (Wildman–Crippen LogP) is 4.11. The highest BCUT2D eigenvalue weighted by molar-refractivity contribution is 5.69. The van der Waals surface area contributed by atoms with Gasteiger partial charge in [-0.25, -0.2) is 0 Å². The first-order valence-electron chi connectivity index (χ1n) is 8.48. The quantitative estimate of drug-likeness (QED) is 0.627. The fourth-order valence-electron chi connectivity index (χ4n) is 2.54. The Balaban J connectivity index is 3.01. The molecule has 1 aromatic carbocycles. The molecule has 0 aliphatic rings. The number of phenolic OH excluding ortho intramolecular Hbond substituents is 1. The summed E-state index contributed by atoms with van der Waals surface area (Å²) >= 11 is 0. The molecule has 0 spiro atoms. The average Bonchev–Trinajstić information content (AvgIpc) is 2.44. The van der Waals surface area contributed by atoms with Gasteiger partial charge >= 0.3 is 5.97 Å². The number of methoxy groups -OCH3 is 1. The van der Waals surface area contributed by atoms with Crippen LogP contribution in [0.4, 0.5) is 0 Å². The van der Waals surface area contributed by atoms with E-state index in [2.05, 4.69) is 41.5 Å². The number of hydrogen-bond acceptors (Lipinski definition) is 4. The molecule has 0 radical (unpaired) electrons. The third-order valence-corrected chi connectivity index (χ3v) is 3.95. The molecule has 0 heterocycles. The van der Waals surface area contributed by atoms with E-state index in [-0.39, 0.29) is 23.4 Å². The summed E-state index contributed by atoms with van der Waals surface area (Å²) in [6.07, 6.45) is 0.917. The molecule has 0 bridgehead atoms. The van der Waals surface area contributed by atoms with Gasteiger partial charge in [-0.2, -0.15) is 0 Å². The van der Waals surface area contributed by atoms with Crippen molar-refractivity contribution >= 4 is 5.97 Å². The Kier molecular flexibility index (Phi) is 6.85. The van der Waals surface area contributed by atoms with Crippen molar-refractivity contribution in [2.75, 3.05) is 20.3 Å². The molecule has 0 aromatic heterocycles. The highest BCUT2D eigenvalue weighted by atomic mass is 16.6. The maximum Gasteiger partial charge on any atom is 0.306 e. The molecule has 0 amide bonds. The second-order valence-electron chi connectivity index (χ2n) is 8.25. The minimum atomic E-state index is -0.227. The van der Waals surface area contributed by atoms with Crippen LogP contribution in [0.5, 0.6) is 5.75 Å². The molecule has 0 atom stereocenters. The summed E-state index contributed by atoms with van der Waals surface area (Å²) in [5.41, 5.74) is 2.54. The standard InChI is InChI=1S/C20H32O4/c1-19(2,3)15-12-14(8-9-17(21)24-11-10-23-7)13-16(18(15)22)20(4,5)6/h12-13,22H,8-11H2,1-7H3. The van der Waals surface area contributed by atoms with Crippen LogP contribution in [0.1, 0.15) is 64.7 Å². The molecule has 24 heavy (non-hydrogen) atoms. The Morgan fingerprint density at radius 1 is 1.00 bits per heavy atom. The second-order valence-corrected chi connectivity index (χ2v) is 8.25. The summed E-state index contributed by atoms with van der Waals surface area (Å²) in [6.45, 7) is 13.2. The number of aryl methyl sites for hydroxylation is 1. The van der Waals surface area contributed by atoms with E-state index in [0.717, 1.165) is 16.7 Å². The summed E-state index contributed by atoms with van der Waals surface area (Å²) in [5, 5.41) is 10.7. The SMILES string of the molecule is COCCOC(=O)CCc1cc(C(C)(C)C)c(O)c(C(C)(C)C)c1. The van der Waals surface area contributed by atoms with Gasteiger partial charge in [0.25, 0.3) is 0 Å². The van der Waals surface area contributed by atoms with E-state index >= 15 is 0 Å². The number of benzene rings is 1. The number of carbonyl (C=O) groups is 1. The minimum Gasteiger partial charge on any atom is -0.507 e. The van der Waals surface area contributed by atoms with Crippen LogP contribution in [0.15, 0.2) is 12.1 Å². The van der Waals surface area contributed by atoms with Crippen molar-refractivity contribution in [1.82, 2.24) is 0 Å². The van der Waals surface area contributed by atoms with Gasteiger partial charge in [0.05, 0.1) is 6.61 Å². The molecule has 136 valence electrons. The van der Waals surface area contributed by atoms with Gasteiger partial charge < -0.3 is 14.6 Å². The Morgan fingerprint density at radius 3 is 1.92 bits per heavy atom. The van der Waals surface area contributed by atoms with E-state index in [9.17, 15) is 9.90 Å². The fraction of sp³-hybridized carbons (Fsp3) is 0.650. The van der Waals surface area contributed by atoms with Gasteiger partial charge in [0, 0.05) is 13.5 Å². The molecule has 4 nitrogen and oxygen atoms in total. The maximum absolute atomic E-state index is 11.8. The molecule has 4 heteroatoms. The van der Waals surface area contributed by atoms with Crippen LogP contribution in [0, 0.1) is 0 Å². The zero-order valence-corrected chi connectivity index (χ0v) is 16.2. The summed E-state index contributed by atoms with van der Waals surface area (Å²) < 4.78 is 9.98. The summed E-state index contributed by atoms with van der Waals surface area (Å²) in [7, 11) is 1.58. The van der Waals surface area contributed by atoms with Gasteiger partial charge in [0.2, 0.25) is 0 Å². The molecule has 0 saturated carbocycles. The smallest absolute Gasteiger partial charge is 0.306 e. The minimum absolute atomic E-state index is 0.168. The van der Waals surface area contributed by atoms with Crippen LogP contribution in [0.2, 0.25) is 0 Å². The fourth-order valence-corrected chi connectivity index (χ4v) is 2.54. The van der Waals surface area contributed by atoms with Crippen LogP contribution < -0.4 is 0 Å². The topological polar surface area (TPSA) is 55.8 Å². The molecule has 1 rings (SSSR count). The van der Waals surface area contributed by atoms with Gasteiger partial charge in [0.1, 0.15) is 12.4 Å². The average molecular weight is 336 g/mol. The van der Waals surface area contributed by atoms with Gasteiger partial charge in [-0.05, 0) is 33.9 Å². The molecular formula is C20H32O4. The molecule has 0 unspecified atom stereocenters. The maximum atomic E-state index is 11.8. The van der Waals surface area contributed by atoms with Crippen LogP contribution in [-0.4, -0.2) is 31.4 Å². The third kappa shape index (κ3) is 5.82. The van der Waals surface area contributed by atoms with Crippen molar-refractivity contribution in [2.45, 2.75) is 65.2 Å². The van der Waals surface area contributed by atoms with Crippen molar-refractivity contribution in [3.05, 3.63) is 28.8 Å². The van der Waals surface area contributed by atoms with E-state index in [1.807, 2.05) is 12.1 Å². The number of phenols is 1. The highest BCUT2D eigenvalue weighted by Gasteiger charge is 2.26. The zero-order valence-electron chi connectivity index (χ0n) is 16.2. The number of ether oxygens (including phenoxy) is 2. The van der Waals surface area contributed by atoms with E-state index in [1.165, 1.54) is 0 Å². The van der Waals surface area contributed by atoms with Crippen molar-refractivity contribution in [1.29, 1.82) is 0 Å². The van der Waals surface area contributed by atoms with Gasteiger partial charge in [-0.3, -0.25) is 4.79 Å². The van der Waals surface area contributed by atoms with E-state index in [0.29, 0.717) is 25.2 Å². The molecular weight excluding hydrogens is 304 g/mol. The summed E-state index contributed by atoms with van der Waals surface area (Å²) in [6, 6.07) is 4.01. The first-order valence-corrected chi connectivity index (χ1v) is 8.48. The summed E-state index contributed by atoms with van der Waals surface area (Å²) in [4.78, 5) is 11.8. The Hall–Kier alpha value is -1.55. The lowest BCUT2D eigenvalue weighted by molar-refractivity contribution is -0.144. The van der Waals surface area contributed by atoms with Crippen molar-refractivity contribution in [3.8, 4) is 5.75 Å². The largest absolute Gasteiger partial charge is 0.507 e. The molecule has 0 saturated heterocycles. The van der Waals surface area contributed by atoms with Crippen LogP contribution in [0.25, 0.3) is 0 Å². The Bertz CT molecular complexity index is 527. The van der Waals surface area contributed by atoms with Crippen molar-refractivity contribution < 1.29 is 19.4 Å². The van der Waals surface area contributed by atoms with Gasteiger partial charge in [-0.1, -0.05) is 53.7 Å². The van der Waals surface area contributed by atoms with Gasteiger partial charge in [-0.15, -0.1) is 0 Å². The third-order valence-electron chi connectivity index (χ3n) is 3.95. The first kappa shape index (κ1) is 20.5. The highest BCUT2D eigenvalue weighted by Crippen LogP contribution is 2.39. The van der Waals surface area contributed by atoms with E-state index in [1.54, 1.807) is 7.11 Å². The normalized spacial score (nSPS) is 12.3. The van der Waals surface area contributed by atoms with Gasteiger partial charge in [0.15, 0.2) is 0 Å². The lowest BCUT2D eigenvalue weighted by atomic mass is 9.78. The molecule has 1 aromatic rings. The van der Waals surface area contributed by atoms with E-state index in [4.69, 9.17) is 9.47 Å². The lowest BCUT2D eigenvalue weighted by Crippen LogP contribution is -2.18. The van der Waals surface area contributed by atoms with Crippen LogP contribution in [0.3, 0.4) is 0 Å². The number of carbonyl (C=O) groups excluding carboxylic acids is 1. The number of rotatable bonds is 6. The molecule has 0 fully saturated rings. The van der Waals surface area contributed by atoms with Crippen LogP contribution >= 0.6 is 0 Å². The van der Waals surface area contributed by atoms with E-state index < -0.39 is 0 Å². The predicted molar refractivity (Wildman–Crippen MR) is 96.7 cm³/mol. The Labute approximate surface area is 146 Å². The first-order chi connectivity index (χ1) is 11.0. The summed E-state index contributed by atoms with van der Waals surface area (Å²) in [5.74, 6) is 0.135. The second kappa shape index (κ2) is 8.02. The van der Waals surface area contributed by atoms with Crippen LogP contribution in [-0.2, 0) is 31.5 Å². The lowest BCUT2D eigenvalue weighted by Gasteiger charge is -2.28. The molecule has 1 N–H and O–H groups in total. The number of aromatic hydroxyl groups is 1. The zero-order chi connectivity index (χ0) is 18.5. The Morgan fingerprint density at radius 2 is 1.50 bits per heavy atom. The van der Waals surface area contributed by atoms with Crippen molar-refractivity contribution in [3.63, 3.8) is 0 Å².